The van der Waals surface area contributed by atoms with Crippen molar-refractivity contribution in [1.82, 2.24) is 48.7 Å². The molecule has 2 saturated heterocycles. The van der Waals surface area contributed by atoms with E-state index >= 15 is 0 Å². The minimum Gasteiger partial charge on any atom is -0.446 e. The second-order valence-electron chi connectivity index (χ2n) is 21.2. The molecule has 6 aromatic rings. The van der Waals surface area contributed by atoms with Crippen LogP contribution < -0.4 is 5.73 Å². The maximum Gasteiger partial charge on any atom is 0.410 e. The first-order valence-electron chi connectivity index (χ1n) is 26.2. The van der Waals surface area contributed by atoms with E-state index in [1.54, 1.807) is 29.9 Å². The Bertz CT molecular complexity index is 3250. The lowest BCUT2D eigenvalue weighted by Gasteiger charge is -2.40. The second-order valence-corrected chi connectivity index (χ2v) is 22.1. The lowest BCUT2D eigenvalue weighted by Crippen LogP contribution is -2.51. The summed E-state index contributed by atoms with van der Waals surface area (Å²) in [4.78, 5) is 55.3. The third kappa shape index (κ3) is 11.5. The first kappa shape index (κ1) is 53.4. The smallest absolute Gasteiger partial charge is 0.410 e. The normalized spacial score (nSPS) is 19.5. The minimum atomic E-state index is -0.629. The summed E-state index contributed by atoms with van der Waals surface area (Å²) in [7, 11) is 3.83. The van der Waals surface area contributed by atoms with Crippen LogP contribution in [0, 0.1) is 0 Å². The predicted octanol–water partition coefficient (Wildman–Crippen LogP) is 10.8. The van der Waals surface area contributed by atoms with E-state index in [0.717, 1.165) is 93.0 Å². The summed E-state index contributed by atoms with van der Waals surface area (Å²) in [5, 5.41) is 5.44. The van der Waals surface area contributed by atoms with E-state index in [4.69, 9.17) is 48.4 Å². The van der Waals surface area contributed by atoms with Crippen LogP contribution in [0.15, 0.2) is 103 Å². The van der Waals surface area contributed by atoms with Crippen LogP contribution in [-0.2, 0) is 23.6 Å². The number of rotatable bonds is 8. The SMILES string of the molecule is Cn1cncc1C(N=[N+]=[N-])C1=Cc2cccnc2[C@@H](N2CCN(C(=O)OC(C)(C)C)CC2)c2ccc(Cl)cc21.Cn1cncc1[C@H](N)C1=Cc2cccnc2[C@@H](N2CCN(C(=O)OC3CCCC3)CC2)c2ccc(Cl)cc21. The number of benzene rings is 2. The third-order valence-corrected chi connectivity index (χ3v) is 15.5. The highest BCUT2D eigenvalue weighted by atomic mass is 35.5. The molecule has 2 amide bonds. The van der Waals surface area contributed by atoms with Crippen molar-refractivity contribution in [2.45, 2.75) is 82.3 Å². The van der Waals surface area contributed by atoms with E-state index in [9.17, 15) is 15.1 Å². The molecule has 0 spiro atoms. The van der Waals surface area contributed by atoms with Gasteiger partial charge in [0, 0.05) is 100 Å². The number of nitrogens with two attached hydrogens (primary N) is 1. The molecule has 11 rings (SSSR count). The Hall–Kier alpha value is -7.05. The molecule has 0 bridgehead atoms. The van der Waals surface area contributed by atoms with Crippen LogP contribution in [0.2, 0.25) is 10.0 Å². The molecule has 3 aliphatic carbocycles. The van der Waals surface area contributed by atoms with Crippen LogP contribution in [0.25, 0.3) is 33.7 Å². The number of carbonyl (C=O) groups excluding carboxylic acids is 2. The number of azide groups is 1. The molecule has 20 heteroatoms. The van der Waals surface area contributed by atoms with Crippen LogP contribution >= 0.6 is 23.2 Å². The molecule has 4 atom stereocenters. The number of piperazine rings is 2. The van der Waals surface area contributed by atoms with Gasteiger partial charge >= 0.3 is 12.2 Å². The molecule has 4 aromatic heterocycles. The number of pyridine rings is 2. The summed E-state index contributed by atoms with van der Waals surface area (Å²) in [6.45, 7) is 10.6. The first-order chi connectivity index (χ1) is 37.1. The number of fused-ring (bicyclic) bond motifs is 4. The van der Waals surface area contributed by atoms with E-state index in [-0.39, 0.29) is 30.4 Å². The quantitative estimate of drug-likeness (QED) is 0.0863. The summed E-state index contributed by atoms with van der Waals surface area (Å²) < 4.78 is 15.2. The molecule has 0 radical (unpaired) electrons. The Morgan fingerprint density at radius 2 is 1.21 bits per heavy atom. The van der Waals surface area contributed by atoms with Crippen molar-refractivity contribution in [3.63, 3.8) is 0 Å². The molecule has 3 fully saturated rings. The number of carbonyl (C=O) groups is 2. The molecule has 2 N–H and O–H groups in total. The maximum absolute atomic E-state index is 12.8. The van der Waals surface area contributed by atoms with Gasteiger partial charge in [-0.1, -0.05) is 52.6 Å². The van der Waals surface area contributed by atoms with Gasteiger partial charge in [0.25, 0.3) is 0 Å². The van der Waals surface area contributed by atoms with E-state index in [0.29, 0.717) is 62.4 Å². The lowest BCUT2D eigenvalue weighted by molar-refractivity contribution is 0.0117. The van der Waals surface area contributed by atoms with E-state index in [1.807, 2.05) is 116 Å². The van der Waals surface area contributed by atoms with Gasteiger partial charge in [-0.05, 0) is 145 Å². The summed E-state index contributed by atoms with van der Waals surface area (Å²) in [6, 6.07) is 18.5. The predicted molar refractivity (Wildman–Crippen MR) is 297 cm³/mol. The van der Waals surface area contributed by atoms with E-state index < -0.39 is 17.7 Å². The highest BCUT2D eigenvalue weighted by Gasteiger charge is 2.38. The Morgan fingerprint density at radius 3 is 1.70 bits per heavy atom. The van der Waals surface area contributed by atoms with Gasteiger partial charge in [0.1, 0.15) is 17.7 Å². The number of hydrogen-bond donors (Lipinski definition) is 1. The summed E-state index contributed by atoms with van der Waals surface area (Å²) >= 11 is 13.1. The largest absolute Gasteiger partial charge is 0.446 e. The van der Waals surface area contributed by atoms with Crippen molar-refractivity contribution in [2.24, 2.45) is 24.9 Å². The van der Waals surface area contributed by atoms with Gasteiger partial charge in [0.2, 0.25) is 0 Å². The first-order valence-corrected chi connectivity index (χ1v) is 27.0. The average Bonchev–Trinajstić information content (AvgIpc) is 4.23. The molecule has 5 aliphatic rings. The second kappa shape index (κ2) is 22.9. The molecular weight excluding hydrogens is 1020 g/mol. The number of halogens is 2. The monoisotopic (exact) mass is 1080 g/mol. The topological polar surface area (TPSA) is 202 Å². The van der Waals surface area contributed by atoms with Crippen molar-refractivity contribution >= 4 is 58.7 Å². The van der Waals surface area contributed by atoms with Crippen LogP contribution in [0.4, 0.5) is 9.59 Å². The molecule has 18 nitrogen and oxygen atoms in total. The fourth-order valence-electron chi connectivity index (χ4n) is 11.3. The number of amides is 2. The van der Waals surface area contributed by atoms with Gasteiger partial charge < -0.3 is 34.1 Å². The highest BCUT2D eigenvalue weighted by Crippen LogP contribution is 2.47. The number of ether oxygens (including phenoxy) is 2. The number of nitrogens with zero attached hydrogens (tertiary/aromatic N) is 13. The standard InChI is InChI=1S/C29H33ClN6O2.C28H31ClN8O2/c1-34-18-32-17-25(34)26(31)24-15-19-5-4-10-33-27(19)28(22-9-8-20(30)16-23(22)24)35-11-13-36(14-12-35)29(37)38-21-6-2-3-7-21;1-28(2,3)39-27(38)37-12-10-36(11-13-37)26-20-8-7-19(29)15-21(20)22(14-18-6-5-9-32-24(18)26)25(33-34-30)23-16-31-17-35(23)4/h4-5,8-10,15-18,21,26,28H,2-3,6-7,11-14,31H2,1H3;5-9,14-17,25-26H,10-13H2,1-4H3/t26-,28+;25?,26-/m10/s1. The summed E-state index contributed by atoms with van der Waals surface area (Å²) in [5.74, 6) is 0. The molecule has 6 heterocycles. The van der Waals surface area contributed by atoms with E-state index in [1.165, 1.54) is 0 Å². The Balaban J connectivity index is 0.000000175. The molecule has 1 saturated carbocycles. The number of aromatic nitrogens is 6. The number of hydrogen-bond acceptors (Lipinski definition) is 12. The van der Waals surface area contributed by atoms with Crippen molar-refractivity contribution in [2.75, 3.05) is 52.4 Å². The van der Waals surface area contributed by atoms with Gasteiger partial charge in [-0.2, -0.15) is 0 Å². The number of imidazole rings is 2. The van der Waals surface area contributed by atoms with Crippen LogP contribution in [0.5, 0.6) is 0 Å². The van der Waals surface area contributed by atoms with Gasteiger partial charge in [-0.25, -0.2) is 19.6 Å². The number of aryl methyl sites for hydroxylation is 2. The fourth-order valence-corrected chi connectivity index (χ4v) is 11.6. The summed E-state index contributed by atoms with van der Waals surface area (Å²) in [5.41, 5.74) is 27.2. The van der Waals surface area contributed by atoms with Crippen LogP contribution in [-0.4, -0.2) is 125 Å². The average molecular weight is 1080 g/mol. The fraction of sp³-hybridized carbons (Fsp3) is 0.404. The third-order valence-electron chi connectivity index (χ3n) is 15.1. The van der Waals surface area contributed by atoms with Gasteiger partial charge in [0.15, 0.2) is 0 Å². The molecular formula is C57H64Cl2N14O4. The zero-order valence-corrected chi connectivity index (χ0v) is 45.6. The zero-order chi connectivity index (χ0) is 54.0. The Morgan fingerprint density at radius 1 is 0.714 bits per heavy atom. The molecule has 2 aromatic carbocycles. The Labute approximate surface area is 458 Å². The molecule has 1 unspecified atom stereocenters. The minimum absolute atomic E-state index is 0.0724. The van der Waals surface area contributed by atoms with Crippen LogP contribution in [0.1, 0.15) is 127 Å². The lowest BCUT2D eigenvalue weighted by atomic mass is 9.90. The molecule has 77 heavy (non-hydrogen) atoms. The Kier molecular flexibility index (Phi) is 15.9. The molecule has 400 valence electrons. The van der Waals surface area contributed by atoms with Gasteiger partial charge in [-0.3, -0.25) is 19.8 Å². The van der Waals surface area contributed by atoms with E-state index in [2.05, 4.69) is 48.0 Å². The van der Waals surface area contributed by atoms with Crippen molar-refractivity contribution in [3.8, 4) is 0 Å². The van der Waals surface area contributed by atoms with Crippen molar-refractivity contribution < 1.29 is 19.1 Å². The van der Waals surface area contributed by atoms with Gasteiger partial charge in [-0.15, -0.1) is 0 Å². The molecule has 2 aliphatic heterocycles. The maximum atomic E-state index is 12.8. The summed E-state index contributed by atoms with van der Waals surface area (Å²) in [6.07, 6.45) is 18.6. The van der Waals surface area contributed by atoms with Crippen LogP contribution in [0.3, 0.4) is 0 Å². The highest BCUT2D eigenvalue weighted by molar-refractivity contribution is 6.31. The zero-order valence-electron chi connectivity index (χ0n) is 44.0. The van der Waals surface area contributed by atoms with Crippen molar-refractivity contribution in [1.29, 1.82) is 0 Å². The van der Waals surface area contributed by atoms with Crippen molar-refractivity contribution in [3.05, 3.63) is 175 Å². The van der Waals surface area contributed by atoms with Gasteiger partial charge in [0.05, 0.1) is 59.8 Å².